The zero-order valence-electron chi connectivity index (χ0n) is 9.41. The second-order valence-electron chi connectivity index (χ2n) is 3.58. The van der Waals surface area contributed by atoms with Gasteiger partial charge in [-0.2, -0.15) is 0 Å². The maximum atomic E-state index is 11.0. The Labute approximate surface area is 117 Å². The number of aromatic nitrogens is 1. The zero-order valence-corrected chi connectivity index (χ0v) is 11.7. The van der Waals surface area contributed by atoms with Gasteiger partial charge in [-0.15, -0.1) is 0 Å². The van der Waals surface area contributed by atoms with Crippen molar-refractivity contribution >= 4 is 33.5 Å². The smallest absolute Gasteiger partial charge is 0.373 e. The summed E-state index contributed by atoms with van der Waals surface area (Å²) < 4.78 is 6.09. The van der Waals surface area contributed by atoms with Gasteiger partial charge in [0.15, 0.2) is 0 Å². The number of carboxylic acid groups (broad SMARTS) is 1. The summed E-state index contributed by atoms with van der Waals surface area (Å²) in [6.45, 7) is 1.82. The average molecular weight is 331 g/mol. The van der Waals surface area contributed by atoms with Crippen LogP contribution in [0.5, 0.6) is 0 Å². The van der Waals surface area contributed by atoms with Gasteiger partial charge in [0.25, 0.3) is 0 Å². The lowest BCUT2D eigenvalue weighted by Crippen LogP contribution is -1.98. The van der Waals surface area contributed by atoms with Crippen LogP contribution in [0, 0.1) is 0 Å². The lowest BCUT2D eigenvalue weighted by Gasteiger charge is -1.99. The van der Waals surface area contributed by atoms with E-state index in [1.165, 1.54) is 0 Å². The molecule has 2 rings (SSSR count). The summed E-state index contributed by atoms with van der Waals surface area (Å²) in [5, 5.41) is 9.45. The first kappa shape index (κ1) is 13.1. The minimum Gasteiger partial charge on any atom is -0.475 e. The monoisotopic (exact) mass is 329 g/mol. The fourth-order valence-corrected chi connectivity index (χ4v) is 2.29. The highest BCUT2D eigenvalue weighted by Crippen LogP contribution is 2.31. The highest BCUT2D eigenvalue weighted by molar-refractivity contribution is 9.10. The molecule has 0 unspecified atom stereocenters. The number of halogens is 2. The standard InChI is InChI=1S/C12H9BrClNO3/c1-2-9-10(12(16)17)18-11(15-9)7-4-3-6(13)5-8(7)14/h3-5H,2H2,1H3,(H,16,17). The summed E-state index contributed by atoms with van der Waals surface area (Å²) >= 11 is 9.37. The summed E-state index contributed by atoms with van der Waals surface area (Å²) in [5.74, 6) is -1.04. The van der Waals surface area contributed by atoms with E-state index < -0.39 is 5.97 Å². The molecule has 0 spiro atoms. The summed E-state index contributed by atoms with van der Waals surface area (Å²) in [7, 11) is 0. The van der Waals surface area contributed by atoms with Gasteiger partial charge in [-0.25, -0.2) is 9.78 Å². The van der Waals surface area contributed by atoms with E-state index in [0.29, 0.717) is 22.7 Å². The van der Waals surface area contributed by atoms with Crippen molar-refractivity contribution in [2.75, 3.05) is 0 Å². The first-order valence-electron chi connectivity index (χ1n) is 5.21. The topological polar surface area (TPSA) is 63.3 Å². The maximum absolute atomic E-state index is 11.0. The summed E-state index contributed by atoms with van der Waals surface area (Å²) in [5.41, 5.74) is 0.985. The number of aromatic carboxylic acids is 1. The first-order chi connectivity index (χ1) is 8.52. The predicted molar refractivity (Wildman–Crippen MR) is 71.0 cm³/mol. The van der Waals surface area contributed by atoms with E-state index in [9.17, 15) is 4.79 Å². The number of rotatable bonds is 3. The Morgan fingerprint density at radius 1 is 1.56 bits per heavy atom. The number of aryl methyl sites for hydroxylation is 1. The number of hydrogen-bond donors (Lipinski definition) is 1. The Kier molecular flexibility index (Phi) is 3.73. The second-order valence-corrected chi connectivity index (χ2v) is 4.90. The van der Waals surface area contributed by atoms with Gasteiger partial charge in [-0.3, -0.25) is 0 Å². The van der Waals surface area contributed by atoms with Crippen LogP contribution in [0.4, 0.5) is 0 Å². The Morgan fingerprint density at radius 3 is 2.78 bits per heavy atom. The normalized spacial score (nSPS) is 10.6. The molecule has 1 aromatic heterocycles. The average Bonchev–Trinajstić information content (AvgIpc) is 2.73. The zero-order chi connectivity index (χ0) is 13.3. The third-order valence-corrected chi connectivity index (χ3v) is 3.19. The van der Waals surface area contributed by atoms with Crippen molar-refractivity contribution in [2.24, 2.45) is 0 Å². The molecule has 1 N–H and O–H groups in total. The molecule has 0 saturated heterocycles. The van der Waals surface area contributed by atoms with Crippen molar-refractivity contribution in [3.8, 4) is 11.5 Å². The lowest BCUT2D eigenvalue weighted by molar-refractivity contribution is 0.0662. The first-order valence-corrected chi connectivity index (χ1v) is 6.38. The lowest BCUT2D eigenvalue weighted by atomic mass is 10.2. The van der Waals surface area contributed by atoms with Crippen LogP contribution in [-0.2, 0) is 6.42 Å². The molecular formula is C12H9BrClNO3. The van der Waals surface area contributed by atoms with Gasteiger partial charge < -0.3 is 9.52 Å². The fourth-order valence-electron chi connectivity index (χ4n) is 1.54. The molecule has 0 saturated carbocycles. The van der Waals surface area contributed by atoms with E-state index in [1.807, 2.05) is 6.92 Å². The highest BCUT2D eigenvalue weighted by atomic mass is 79.9. The van der Waals surface area contributed by atoms with Crippen molar-refractivity contribution in [3.63, 3.8) is 0 Å². The van der Waals surface area contributed by atoms with Crippen LogP contribution < -0.4 is 0 Å². The maximum Gasteiger partial charge on any atom is 0.373 e. The van der Waals surface area contributed by atoms with Gasteiger partial charge in [0.2, 0.25) is 11.7 Å². The molecule has 0 amide bonds. The molecule has 0 radical (unpaired) electrons. The molecule has 4 nitrogen and oxygen atoms in total. The number of oxazole rings is 1. The Hall–Kier alpha value is -1.33. The quantitative estimate of drug-likeness (QED) is 0.923. The van der Waals surface area contributed by atoms with Gasteiger partial charge in [-0.1, -0.05) is 34.5 Å². The van der Waals surface area contributed by atoms with E-state index in [1.54, 1.807) is 18.2 Å². The third kappa shape index (κ3) is 2.42. The van der Waals surface area contributed by atoms with E-state index in [0.717, 1.165) is 4.47 Å². The molecule has 0 aliphatic carbocycles. The minimum atomic E-state index is -1.13. The summed E-state index contributed by atoms with van der Waals surface area (Å²) in [6.07, 6.45) is 0.485. The molecule has 0 aliphatic heterocycles. The van der Waals surface area contributed by atoms with Crippen molar-refractivity contribution < 1.29 is 14.3 Å². The number of carboxylic acids is 1. The van der Waals surface area contributed by atoms with Gasteiger partial charge in [-0.05, 0) is 24.6 Å². The number of carbonyl (C=O) groups is 1. The molecular weight excluding hydrogens is 321 g/mol. The van der Waals surface area contributed by atoms with E-state index >= 15 is 0 Å². The molecule has 1 heterocycles. The van der Waals surface area contributed by atoms with Crippen molar-refractivity contribution in [1.29, 1.82) is 0 Å². The Balaban J connectivity index is 2.54. The van der Waals surface area contributed by atoms with Gasteiger partial charge in [0.05, 0.1) is 16.3 Å². The molecule has 2 aromatic rings. The van der Waals surface area contributed by atoms with Crippen molar-refractivity contribution in [2.45, 2.75) is 13.3 Å². The van der Waals surface area contributed by atoms with E-state index in [2.05, 4.69) is 20.9 Å². The second kappa shape index (κ2) is 5.12. The molecule has 18 heavy (non-hydrogen) atoms. The van der Waals surface area contributed by atoms with Crippen molar-refractivity contribution in [3.05, 3.63) is 39.1 Å². The van der Waals surface area contributed by atoms with Crippen LogP contribution >= 0.6 is 27.5 Å². The Morgan fingerprint density at radius 2 is 2.28 bits per heavy atom. The number of benzene rings is 1. The van der Waals surface area contributed by atoms with Gasteiger partial charge in [0.1, 0.15) is 0 Å². The van der Waals surface area contributed by atoms with Gasteiger partial charge >= 0.3 is 5.97 Å². The van der Waals surface area contributed by atoms with Crippen LogP contribution in [0.25, 0.3) is 11.5 Å². The van der Waals surface area contributed by atoms with E-state index in [-0.39, 0.29) is 11.7 Å². The van der Waals surface area contributed by atoms with E-state index in [4.69, 9.17) is 21.1 Å². The number of nitrogens with zero attached hydrogens (tertiary/aromatic N) is 1. The molecule has 94 valence electrons. The third-order valence-electron chi connectivity index (χ3n) is 2.39. The summed E-state index contributed by atoms with van der Waals surface area (Å²) in [4.78, 5) is 15.2. The van der Waals surface area contributed by atoms with Crippen LogP contribution in [0.1, 0.15) is 23.2 Å². The molecule has 1 aromatic carbocycles. The SMILES string of the molecule is CCc1nc(-c2ccc(Br)cc2Cl)oc1C(=O)O. The molecule has 0 bridgehead atoms. The largest absolute Gasteiger partial charge is 0.475 e. The van der Waals surface area contributed by atoms with Crippen LogP contribution in [0.2, 0.25) is 5.02 Å². The predicted octanol–water partition coefficient (Wildman–Crippen LogP) is 4.02. The molecule has 6 heteroatoms. The molecule has 0 fully saturated rings. The highest BCUT2D eigenvalue weighted by Gasteiger charge is 2.20. The molecule has 0 atom stereocenters. The summed E-state index contributed by atoms with van der Waals surface area (Å²) in [6, 6.07) is 5.22. The molecule has 0 aliphatic rings. The number of hydrogen-bond acceptors (Lipinski definition) is 3. The van der Waals surface area contributed by atoms with Crippen LogP contribution in [0.15, 0.2) is 27.1 Å². The minimum absolute atomic E-state index is 0.133. The van der Waals surface area contributed by atoms with Crippen LogP contribution in [0.3, 0.4) is 0 Å². The van der Waals surface area contributed by atoms with Crippen molar-refractivity contribution in [1.82, 2.24) is 4.98 Å². The van der Waals surface area contributed by atoms with Crippen LogP contribution in [-0.4, -0.2) is 16.1 Å². The fraction of sp³-hybridized carbons (Fsp3) is 0.167. The Bertz CT molecular complexity index is 609. The van der Waals surface area contributed by atoms with Gasteiger partial charge in [0, 0.05) is 4.47 Å².